The molecule has 1 amide bonds. The van der Waals surface area contributed by atoms with Crippen molar-refractivity contribution in [3.8, 4) is 0 Å². The van der Waals surface area contributed by atoms with Crippen molar-refractivity contribution in [2.75, 3.05) is 18.9 Å². The van der Waals surface area contributed by atoms with Gasteiger partial charge >= 0.3 is 0 Å². The monoisotopic (exact) mass is 289 g/mol. The van der Waals surface area contributed by atoms with E-state index in [2.05, 4.69) is 15.6 Å². The predicted octanol–water partition coefficient (Wildman–Crippen LogP) is 1.62. The molecule has 19 heavy (non-hydrogen) atoms. The van der Waals surface area contributed by atoms with E-state index in [0.29, 0.717) is 5.69 Å². The van der Waals surface area contributed by atoms with E-state index in [9.17, 15) is 14.3 Å². The fraction of sp³-hybridized carbons (Fsp3) is 0.500. The van der Waals surface area contributed by atoms with Crippen LogP contribution in [0.2, 0.25) is 5.15 Å². The van der Waals surface area contributed by atoms with E-state index in [-0.39, 0.29) is 17.3 Å². The molecule has 106 valence electrons. The fourth-order valence-corrected chi connectivity index (χ4v) is 1.50. The van der Waals surface area contributed by atoms with E-state index in [0.717, 1.165) is 0 Å². The van der Waals surface area contributed by atoms with E-state index in [1.54, 1.807) is 7.05 Å². The molecule has 0 unspecified atom stereocenters. The van der Waals surface area contributed by atoms with E-state index in [1.807, 2.05) is 0 Å². The van der Waals surface area contributed by atoms with E-state index in [4.69, 9.17) is 11.6 Å². The lowest BCUT2D eigenvalue weighted by atomic mass is 10.0. The van der Waals surface area contributed by atoms with Gasteiger partial charge in [0.2, 0.25) is 0 Å². The van der Waals surface area contributed by atoms with Crippen molar-refractivity contribution in [1.29, 1.82) is 0 Å². The van der Waals surface area contributed by atoms with Gasteiger partial charge in [-0.15, -0.1) is 0 Å². The average Bonchev–Trinajstić information content (AvgIpc) is 2.33. The first-order valence-corrected chi connectivity index (χ1v) is 6.11. The molecule has 1 heterocycles. The van der Waals surface area contributed by atoms with Crippen LogP contribution in [0.15, 0.2) is 12.3 Å². The number of amides is 1. The molecule has 0 saturated carbocycles. The van der Waals surface area contributed by atoms with Gasteiger partial charge in [0.05, 0.1) is 23.4 Å². The van der Waals surface area contributed by atoms with Crippen LogP contribution < -0.4 is 10.6 Å². The minimum Gasteiger partial charge on any atom is -0.387 e. The number of aromatic nitrogens is 1. The molecule has 0 fully saturated rings. The maximum absolute atomic E-state index is 13.5. The first-order valence-electron chi connectivity index (χ1n) is 5.73. The molecule has 1 rings (SSSR count). The van der Waals surface area contributed by atoms with E-state index >= 15 is 0 Å². The number of hydrogen-bond acceptors (Lipinski definition) is 4. The van der Waals surface area contributed by atoms with Crippen LogP contribution >= 0.6 is 11.6 Å². The Morgan fingerprint density at radius 2 is 2.26 bits per heavy atom. The van der Waals surface area contributed by atoms with Crippen LogP contribution in [0.4, 0.5) is 10.1 Å². The number of hydrogen-bond donors (Lipinski definition) is 3. The molecular formula is C12H17ClFN3O2. The highest BCUT2D eigenvalue weighted by atomic mass is 35.5. The van der Waals surface area contributed by atoms with Crippen LogP contribution in [0.3, 0.4) is 0 Å². The number of carbonyl (C=O) groups is 1. The highest BCUT2D eigenvalue weighted by Crippen LogP contribution is 2.18. The number of pyridine rings is 1. The number of alkyl halides is 1. The van der Waals surface area contributed by atoms with Crippen molar-refractivity contribution in [3.05, 3.63) is 23.0 Å². The number of carbonyl (C=O) groups excluding carboxylic acids is 1. The topological polar surface area (TPSA) is 74.2 Å². The molecule has 0 aliphatic heterocycles. The second-order valence-corrected chi connectivity index (χ2v) is 5.02. The maximum atomic E-state index is 13.5. The first kappa shape index (κ1) is 15.7. The lowest BCUT2D eigenvalue weighted by Crippen LogP contribution is -2.42. The van der Waals surface area contributed by atoms with Gasteiger partial charge in [-0.05, 0) is 19.9 Å². The normalized spacial score (nSPS) is 12.9. The average molecular weight is 290 g/mol. The Bertz CT molecular complexity index is 463. The fourth-order valence-electron chi connectivity index (χ4n) is 1.34. The van der Waals surface area contributed by atoms with Crippen molar-refractivity contribution in [3.63, 3.8) is 0 Å². The Morgan fingerprint density at radius 1 is 1.63 bits per heavy atom. The lowest BCUT2D eigenvalue weighted by molar-refractivity contribution is -0.00177. The number of nitrogens with zero attached hydrogens (tertiary/aromatic N) is 1. The van der Waals surface area contributed by atoms with Crippen LogP contribution in [-0.4, -0.2) is 41.4 Å². The van der Waals surface area contributed by atoms with E-state index < -0.39 is 17.7 Å². The van der Waals surface area contributed by atoms with Crippen LogP contribution in [0, 0.1) is 0 Å². The molecule has 0 saturated heterocycles. The summed E-state index contributed by atoms with van der Waals surface area (Å²) in [5, 5.41) is 14.9. The van der Waals surface area contributed by atoms with Gasteiger partial charge in [0, 0.05) is 13.2 Å². The molecule has 0 spiro atoms. The number of aliphatic hydroxyl groups is 1. The molecule has 5 nitrogen and oxygen atoms in total. The van der Waals surface area contributed by atoms with Crippen molar-refractivity contribution >= 4 is 23.2 Å². The Hall–Kier alpha value is -1.40. The third-order valence-corrected chi connectivity index (χ3v) is 2.80. The highest BCUT2D eigenvalue weighted by molar-refractivity contribution is 6.29. The second kappa shape index (κ2) is 6.16. The number of nitrogens with one attached hydrogen (secondary N) is 2. The molecule has 1 aromatic heterocycles. The maximum Gasteiger partial charge on any atom is 0.255 e. The number of halogens is 2. The zero-order valence-corrected chi connectivity index (χ0v) is 11.8. The van der Waals surface area contributed by atoms with Gasteiger partial charge in [0.25, 0.3) is 5.91 Å². The zero-order chi connectivity index (χ0) is 14.6. The summed E-state index contributed by atoms with van der Waals surface area (Å²) in [6, 6.07) is 1.50. The highest BCUT2D eigenvalue weighted by Gasteiger charge is 2.27. The SMILES string of the molecule is CNc1cc(Cl)ncc1C(=O)NC[C@@H](F)C(C)(C)O. The van der Waals surface area contributed by atoms with Crippen molar-refractivity contribution in [2.24, 2.45) is 0 Å². The van der Waals surface area contributed by atoms with Gasteiger partial charge in [0.1, 0.15) is 11.3 Å². The Labute approximate surface area is 116 Å². The van der Waals surface area contributed by atoms with Crippen molar-refractivity contribution < 1.29 is 14.3 Å². The van der Waals surface area contributed by atoms with Crippen LogP contribution in [0.5, 0.6) is 0 Å². The zero-order valence-electron chi connectivity index (χ0n) is 11.0. The number of anilines is 1. The molecule has 1 atom stereocenters. The van der Waals surface area contributed by atoms with Crippen LogP contribution in [-0.2, 0) is 0 Å². The largest absolute Gasteiger partial charge is 0.387 e. The summed E-state index contributed by atoms with van der Waals surface area (Å²) in [5.74, 6) is -0.486. The molecular weight excluding hydrogens is 273 g/mol. The molecule has 0 aromatic carbocycles. The summed E-state index contributed by atoms with van der Waals surface area (Å²) in [7, 11) is 1.64. The van der Waals surface area contributed by atoms with Gasteiger partial charge in [0.15, 0.2) is 0 Å². The molecule has 3 N–H and O–H groups in total. The minimum absolute atomic E-state index is 0.251. The summed E-state index contributed by atoms with van der Waals surface area (Å²) in [6.45, 7) is 2.40. The van der Waals surface area contributed by atoms with Gasteiger partial charge < -0.3 is 15.7 Å². The third kappa shape index (κ3) is 4.33. The molecule has 1 aromatic rings. The van der Waals surface area contributed by atoms with Gasteiger partial charge in [-0.1, -0.05) is 11.6 Å². The second-order valence-electron chi connectivity index (χ2n) is 4.63. The predicted molar refractivity (Wildman–Crippen MR) is 72.3 cm³/mol. The summed E-state index contributed by atoms with van der Waals surface area (Å²) in [6.07, 6.45) is -0.254. The van der Waals surface area contributed by atoms with Crippen molar-refractivity contribution in [1.82, 2.24) is 10.3 Å². The molecule has 0 bridgehead atoms. The summed E-state index contributed by atoms with van der Waals surface area (Å²) in [4.78, 5) is 15.7. The number of rotatable bonds is 5. The summed E-state index contributed by atoms with van der Waals surface area (Å²) >= 11 is 5.71. The van der Waals surface area contributed by atoms with Crippen LogP contribution in [0.1, 0.15) is 24.2 Å². The molecule has 0 aliphatic carbocycles. The van der Waals surface area contributed by atoms with Gasteiger partial charge in [-0.25, -0.2) is 9.37 Å². The van der Waals surface area contributed by atoms with Gasteiger partial charge in [-0.3, -0.25) is 4.79 Å². The van der Waals surface area contributed by atoms with Crippen LogP contribution in [0.25, 0.3) is 0 Å². The van der Waals surface area contributed by atoms with Crippen molar-refractivity contribution in [2.45, 2.75) is 25.6 Å². The van der Waals surface area contributed by atoms with E-state index in [1.165, 1.54) is 26.1 Å². The summed E-state index contributed by atoms with van der Waals surface area (Å²) < 4.78 is 13.5. The first-order chi connectivity index (χ1) is 8.75. The molecule has 0 radical (unpaired) electrons. The Kier molecular flexibility index (Phi) is 5.08. The Balaban J connectivity index is 2.74. The molecule has 0 aliphatic rings. The minimum atomic E-state index is -1.56. The lowest BCUT2D eigenvalue weighted by Gasteiger charge is -2.22. The summed E-state index contributed by atoms with van der Waals surface area (Å²) in [5.41, 5.74) is -0.747. The molecule has 7 heteroatoms. The Morgan fingerprint density at radius 3 is 2.79 bits per heavy atom. The smallest absolute Gasteiger partial charge is 0.255 e. The van der Waals surface area contributed by atoms with Gasteiger partial charge in [-0.2, -0.15) is 0 Å². The quantitative estimate of drug-likeness (QED) is 0.720. The standard InChI is InChI=1S/C12H17ClFN3O2/c1-12(2,19)9(14)6-17-11(18)7-5-16-10(13)4-8(7)15-3/h4-5,9,19H,6H2,1-3H3,(H,15,16)(H,17,18)/t9-/m1/s1. The third-order valence-electron chi connectivity index (χ3n) is 2.59.